The minimum Gasteiger partial charge on any atom is -0.467 e. The van der Waals surface area contributed by atoms with Crippen molar-refractivity contribution in [1.82, 2.24) is 10.2 Å². The van der Waals surface area contributed by atoms with E-state index in [1.165, 1.54) is 0 Å². The smallest absolute Gasteiger partial charge is 0.317 e. The minimum absolute atomic E-state index is 0.0531. The fraction of sp³-hybridized carbons (Fsp3) is 0.615. The molecule has 0 bridgehead atoms. The van der Waals surface area contributed by atoms with E-state index in [9.17, 15) is 4.79 Å². The van der Waals surface area contributed by atoms with E-state index in [0.29, 0.717) is 0 Å². The Morgan fingerprint density at radius 1 is 1.47 bits per heavy atom. The van der Waals surface area contributed by atoms with Crippen molar-refractivity contribution in [2.45, 2.75) is 45.7 Å². The van der Waals surface area contributed by atoms with Gasteiger partial charge in [-0.25, -0.2) is 4.79 Å². The summed E-state index contributed by atoms with van der Waals surface area (Å²) in [5.41, 5.74) is 0. The fourth-order valence-corrected chi connectivity index (χ4v) is 1.66. The minimum atomic E-state index is -0.0561. The number of nitrogens with zero attached hydrogens (tertiary/aromatic N) is 1. The lowest BCUT2D eigenvalue weighted by Crippen LogP contribution is -2.43. The maximum absolute atomic E-state index is 12.0. The molecule has 2 amide bonds. The van der Waals surface area contributed by atoms with Crippen LogP contribution in [0, 0.1) is 0 Å². The lowest BCUT2D eigenvalue weighted by Gasteiger charge is -2.26. The normalized spacial score (nSPS) is 12.5. The van der Waals surface area contributed by atoms with E-state index in [1.807, 2.05) is 19.1 Å². The maximum Gasteiger partial charge on any atom is 0.317 e. The maximum atomic E-state index is 12.0. The Balaban J connectivity index is 2.57. The lowest BCUT2D eigenvalue weighted by atomic mass is 10.2. The molecule has 96 valence electrons. The van der Waals surface area contributed by atoms with E-state index in [-0.39, 0.29) is 18.1 Å². The van der Waals surface area contributed by atoms with E-state index >= 15 is 0 Å². The Hall–Kier alpha value is -1.45. The van der Waals surface area contributed by atoms with E-state index in [1.54, 1.807) is 18.2 Å². The summed E-state index contributed by atoms with van der Waals surface area (Å²) in [6.45, 7) is 6.10. The van der Waals surface area contributed by atoms with Crippen molar-refractivity contribution in [2.24, 2.45) is 0 Å². The summed E-state index contributed by atoms with van der Waals surface area (Å²) < 4.78 is 5.30. The number of urea groups is 1. The Bertz CT molecular complexity index is 331. The molecule has 1 N–H and O–H groups in total. The number of carbonyl (C=O) groups excluding carboxylic acids is 1. The van der Waals surface area contributed by atoms with Crippen LogP contribution in [0.25, 0.3) is 0 Å². The van der Waals surface area contributed by atoms with Gasteiger partial charge in [-0.1, -0.05) is 13.8 Å². The van der Waals surface area contributed by atoms with Crippen molar-refractivity contribution in [3.63, 3.8) is 0 Å². The number of carbonyl (C=O) groups is 1. The molecule has 1 aromatic heterocycles. The van der Waals surface area contributed by atoms with E-state index < -0.39 is 0 Å². The molecule has 0 aromatic carbocycles. The standard InChI is InChI=1S/C13H22N2O2/c1-5-11(6-2)14-13(16)15(4)10(3)12-8-7-9-17-12/h7-11H,5-6H2,1-4H3,(H,14,16). The molecule has 1 heterocycles. The molecule has 1 unspecified atom stereocenters. The average molecular weight is 238 g/mol. The molecule has 0 radical (unpaired) electrons. The van der Waals surface area contributed by atoms with E-state index in [2.05, 4.69) is 19.2 Å². The predicted molar refractivity (Wildman–Crippen MR) is 67.8 cm³/mol. The Morgan fingerprint density at radius 3 is 2.59 bits per heavy atom. The van der Waals surface area contributed by atoms with Gasteiger partial charge in [-0.3, -0.25) is 0 Å². The topological polar surface area (TPSA) is 45.5 Å². The number of furan rings is 1. The molecule has 0 aliphatic rings. The van der Waals surface area contributed by atoms with Gasteiger partial charge in [0.1, 0.15) is 5.76 Å². The molecule has 1 atom stereocenters. The average Bonchev–Trinajstić information content (AvgIpc) is 2.87. The van der Waals surface area contributed by atoms with Crippen LogP contribution in [0.5, 0.6) is 0 Å². The highest BCUT2D eigenvalue weighted by atomic mass is 16.3. The summed E-state index contributed by atoms with van der Waals surface area (Å²) in [7, 11) is 1.78. The van der Waals surface area contributed by atoms with Gasteiger partial charge in [0.2, 0.25) is 0 Å². The van der Waals surface area contributed by atoms with Gasteiger partial charge < -0.3 is 14.6 Å². The molecule has 0 aliphatic carbocycles. The summed E-state index contributed by atoms with van der Waals surface area (Å²) in [5.74, 6) is 0.798. The molecule has 4 nitrogen and oxygen atoms in total. The SMILES string of the molecule is CCC(CC)NC(=O)N(C)C(C)c1ccco1. The van der Waals surface area contributed by atoms with Crippen LogP contribution >= 0.6 is 0 Å². The second kappa shape index (κ2) is 6.33. The van der Waals surface area contributed by atoms with Crippen molar-refractivity contribution >= 4 is 6.03 Å². The van der Waals surface area contributed by atoms with Crippen molar-refractivity contribution in [2.75, 3.05) is 7.05 Å². The first-order valence-electron chi connectivity index (χ1n) is 6.16. The molecule has 0 fully saturated rings. The quantitative estimate of drug-likeness (QED) is 0.856. The second-order valence-electron chi connectivity index (χ2n) is 4.27. The molecule has 0 aliphatic heterocycles. The van der Waals surface area contributed by atoms with Crippen LogP contribution in [0.3, 0.4) is 0 Å². The summed E-state index contributed by atoms with van der Waals surface area (Å²) in [6.07, 6.45) is 3.52. The molecular weight excluding hydrogens is 216 g/mol. The predicted octanol–water partition coefficient (Wildman–Crippen LogP) is 3.17. The van der Waals surface area contributed by atoms with Crippen molar-refractivity contribution in [3.05, 3.63) is 24.2 Å². The second-order valence-corrected chi connectivity index (χ2v) is 4.27. The lowest BCUT2D eigenvalue weighted by molar-refractivity contribution is 0.182. The monoisotopic (exact) mass is 238 g/mol. The molecule has 1 rings (SSSR count). The van der Waals surface area contributed by atoms with Gasteiger partial charge in [0.25, 0.3) is 0 Å². The van der Waals surface area contributed by atoms with Gasteiger partial charge in [0.15, 0.2) is 0 Å². The van der Waals surface area contributed by atoms with Crippen LogP contribution < -0.4 is 5.32 Å². The first-order chi connectivity index (χ1) is 8.10. The third-order valence-electron chi connectivity index (χ3n) is 3.17. The van der Waals surface area contributed by atoms with Crippen LogP contribution in [0.1, 0.15) is 45.4 Å². The fourth-order valence-electron chi connectivity index (χ4n) is 1.66. The first-order valence-corrected chi connectivity index (χ1v) is 6.16. The Kier molecular flexibility index (Phi) is 5.07. The molecule has 4 heteroatoms. The van der Waals surface area contributed by atoms with Crippen LogP contribution in [-0.2, 0) is 0 Å². The number of nitrogens with one attached hydrogen (secondary N) is 1. The van der Waals surface area contributed by atoms with Crippen molar-refractivity contribution in [1.29, 1.82) is 0 Å². The van der Waals surface area contributed by atoms with Crippen LogP contribution in [0.4, 0.5) is 4.79 Å². The molecular formula is C13H22N2O2. The van der Waals surface area contributed by atoms with Crippen LogP contribution in [-0.4, -0.2) is 24.0 Å². The molecule has 1 aromatic rings. The van der Waals surface area contributed by atoms with E-state index in [0.717, 1.165) is 18.6 Å². The number of rotatable bonds is 5. The first kappa shape index (κ1) is 13.6. The van der Waals surface area contributed by atoms with Gasteiger partial charge >= 0.3 is 6.03 Å². The highest BCUT2D eigenvalue weighted by Gasteiger charge is 2.20. The molecule has 17 heavy (non-hydrogen) atoms. The van der Waals surface area contributed by atoms with Crippen LogP contribution in [0.15, 0.2) is 22.8 Å². The Labute approximate surface area is 103 Å². The highest BCUT2D eigenvalue weighted by Crippen LogP contribution is 2.18. The van der Waals surface area contributed by atoms with Gasteiger partial charge in [-0.15, -0.1) is 0 Å². The summed E-state index contributed by atoms with van der Waals surface area (Å²) in [5, 5.41) is 3.00. The van der Waals surface area contributed by atoms with Gasteiger partial charge in [-0.05, 0) is 31.9 Å². The molecule has 0 saturated heterocycles. The largest absolute Gasteiger partial charge is 0.467 e. The summed E-state index contributed by atoms with van der Waals surface area (Å²) in [4.78, 5) is 13.6. The third kappa shape index (κ3) is 3.51. The number of hydrogen-bond donors (Lipinski definition) is 1. The number of hydrogen-bond acceptors (Lipinski definition) is 2. The van der Waals surface area contributed by atoms with Crippen LogP contribution in [0.2, 0.25) is 0 Å². The summed E-state index contributed by atoms with van der Waals surface area (Å²) >= 11 is 0. The molecule has 0 saturated carbocycles. The highest BCUT2D eigenvalue weighted by molar-refractivity contribution is 5.74. The Morgan fingerprint density at radius 2 is 2.12 bits per heavy atom. The van der Waals surface area contributed by atoms with E-state index in [4.69, 9.17) is 4.42 Å². The zero-order valence-corrected chi connectivity index (χ0v) is 11.1. The van der Waals surface area contributed by atoms with Gasteiger partial charge in [-0.2, -0.15) is 0 Å². The number of amides is 2. The van der Waals surface area contributed by atoms with Gasteiger partial charge in [0.05, 0.1) is 12.3 Å². The van der Waals surface area contributed by atoms with Crippen molar-refractivity contribution < 1.29 is 9.21 Å². The van der Waals surface area contributed by atoms with Gasteiger partial charge in [0, 0.05) is 13.1 Å². The summed E-state index contributed by atoms with van der Waals surface area (Å²) in [6, 6.07) is 3.85. The molecule has 0 spiro atoms. The van der Waals surface area contributed by atoms with Crippen molar-refractivity contribution in [3.8, 4) is 0 Å². The zero-order chi connectivity index (χ0) is 12.8. The third-order valence-corrected chi connectivity index (χ3v) is 3.17. The zero-order valence-electron chi connectivity index (χ0n) is 11.1.